The molecule has 1 aliphatic rings. The summed E-state index contributed by atoms with van der Waals surface area (Å²) in [5, 5.41) is 0. The summed E-state index contributed by atoms with van der Waals surface area (Å²) in [4.78, 5) is 24.8. The number of rotatable bonds is 5. The van der Waals surface area contributed by atoms with Gasteiger partial charge in [0.05, 0.1) is 0 Å². The lowest BCUT2D eigenvalue weighted by molar-refractivity contribution is -0.132. The largest absolute Gasteiger partial charge is 0.353 e. The van der Waals surface area contributed by atoms with Gasteiger partial charge in [0.15, 0.2) is 0 Å². The lowest BCUT2D eigenvalue weighted by atomic mass is 10.1. The SMILES string of the molecule is CC(=O)N(Cc1cncnc1)[C@H]1CCCN(Cc2cccn2C)CC1. The standard InChI is InChI=1S/C19H27N5O/c1-16(25)24(13-17-11-20-15-21-12-17)18-5-4-9-23(10-7-18)14-19-6-3-8-22(19)2/h3,6,8,11-12,15,18H,4-5,7,9-10,13-14H2,1-2H3/t18-/m0/s1. The predicted octanol–water partition coefficient (Wildman–Crippen LogP) is 2.22. The van der Waals surface area contributed by atoms with Crippen molar-refractivity contribution >= 4 is 5.91 Å². The first-order valence-corrected chi connectivity index (χ1v) is 8.97. The third-order valence-electron chi connectivity index (χ3n) is 5.04. The number of hydrogen-bond acceptors (Lipinski definition) is 4. The minimum Gasteiger partial charge on any atom is -0.353 e. The molecule has 0 aromatic carbocycles. The Morgan fingerprint density at radius 2 is 2.08 bits per heavy atom. The molecule has 3 heterocycles. The second-order valence-corrected chi connectivity index (χ2v) is 6.86. The fourth-order valence-electron chi connectivity index (χ4n) is 3.60. The molecule has 6 nitrogen and oxygen atoms in total. The average molecular weight is 341 g/mol. The van der Waals surface area contributed by atoms with Gasteiger partial charge < -0.3 is 9.47 Å². The van der Waals surface area contributed by atoms with Crippen molar-refractivity contribution in [3.8, 4) is 0 Å². The summed E-state index contributed by atoms with van der Waals surface area (Å²) in [6.07, 6.45) is 10.4. The van der Waals surface area contributed by atoms with Crippen molar-refractivity contribution in [1.29, 1.82) is 0 Å². The van der Waals surface area contributed by atoms with Crippen molar-refractivity contribution in [2.24, 2.45) is 7.05 Å². The Bertz CT molecular complexity index is 684. The maximum Gasteiger partial charge on any atom is 0.219 e. The van der Waals surface area contributed by atoms with E-state index in [0.717, 1.165) is 44.5 Å². The second-order valence-electron chi connectivity index (χ2n) is 6.86. The highest BCUT2D eigenvalue weighted by molar-refractivity contribution is 5.73. The number of aromatic nitrogens is 3. The zero-order chi connectivity index (χ0) is 17.6. The van der Waals surface area contributed by atoms with Gasteiger partial charge in [0.25, 0.3) is 0 Å². The van der Waals surface area contributed by atoms with Gasteiger partial charge in [0.1, 0.15) is 6.33 Å². The van der Waals surface area contributed by atoms with Crippen molar-refractivity contribution in [1.82, 2.24) is 24.3 Å². The topological polar surface area (TPSA) is 54.3 Å². The Balaban J connectivity index is 1.62. The lowest BCUT2D eigenvalue weighted by Crippen LogP contribution is -2.39. The van der Waals surface area contributed by atoms with E-state index < -0.39 is 0 Å². The molecule has 2 aromatic heterocycles. The van der Waals surface area contributed by atoms with Gasteiger partial charge >= 0.3 is 0 Å². The first-order chi connectivity index (χ1) is 12.1. The van der Waals surface area contributed by atoms with Crippen molar-refractivity contribution in [2.45, 2.75) is 45.3 Å². The first kappa shape index (κ1) is 17.6. The van der Waals surface area contributed by atoms with Crippen LogP contribution in [0.2, 0.25) is 0 Å². The highest BCUT2D eigenvalue weighted by Crippen LogP contribution is 2.20. The molecule has 0 bridgehead atoms. The Labute approximate surface area is 149 Å². The first-order valence-electron chi connectivity index (χ1n) is 8.97. The van der Waals surface area contributed by atoms with Crippen LogP contribution in [-0.2, 0) is 24.9 Å². The highest BCUT2D eigenvalue weighted by Gasteiger charge is 2.25. The van der Waals surface area contributed by atoms with E-state index in [4.69, 9.17) is 0 Å². The molecule has 0 spiro atoms. The Hall–Kier alpha value is -2.21. The summed E-state index contributed by atoms with van der Waals surface area (Å²) >= 11 is 0. The highest BCUT2D eigenvalue weighted by atomic mass is 16.2. The minimum atomic E-state index is 0.129. The van der Waals surface area contributed by atoms with Crippen LogP contribution in [0.3, 0.4) is 0 Å². The molecule has 3 rings (SSSR count). The van der Waals surface area contributed by atoms with Gasteiger partial charge in [0.2, 0.25) is 5.91 Å². The zero-order valence-corrected chi connectivity index (χ0v) is 15.1. The number of nitrogens with zero attached hydrogens (tertiary/aromatic N) is 5. The number of likely N-dealkylation sites (tertiary alicyclic amines) is 1. The third kappa shape index (κ3) is 4.66. The van der Waals surface area contributed by atoms with Gasteiger partial charge in [-0.05, 0) is 37.9 Å². The fraction of sp³-hybridized carbons (Fsp3) is 0.526. The molecular formula is C19H27N5O. The molecule has 0 aliphatic carbocycles. The maximum absolute atomic E-state index is 12.2. The average Bonchev–Trinajstić information content (AvgIpc) is 2.87. The molecule has 6 heteroatoms. The maximum atomic E-state index is 12.2. The van der Waals surface area contributed by atoms with Crippen molar-refractivity contribution in [2.75, 3.05) is 13.1 Å². The molecule has 0 unspecified atom stereocenters. The number of amides is 1. The smallest absolute Gasteiger partial charge is 0.219 e. The van der Waals surface area contributed by atoms with Gasteiger partial charge in [-0.25, -0.2) is 9.97 Å². The summed E-state index contributed by atoms with van der Waals surface area (Å²) in [5.74, 6) is 0.129. The van der Waals surface area contributed by atoms with Crippen LogP contribution in [0.25, 0.3) is 0 Å². The normalized spacial score (nSPS) is 18.7. The predicted molar refractivity (Wildman–Crippen MR) is 96.6 cm³/mol. The van der Waals surface area contributed by atoms with E-state index in [2.05, 4.69) is 44.8 Å². The van der Waals surface area contributed by atoms with Crippen LogP contribution < -0.4 is 0 Å². The molecule has 1 aliphatic heterocycles. The molecule has 0 radical (unpaired) electrons. The molecule has 2 aromatic rings. The second kappa shape index (κ2) is 8.25. The van der Waals surface area contributed by atoms with Gasteiger partial charge in [-0.1, -0.05) is 0 Å². The number of carbonyl (C=O) groups excluding carboxylic acids is 1. The van der Waals surface area contributed by atoms with Gasteiger partial charge in [-0.15, -0.1) is 0 Å². The Kier molecular flexibility index (Phi) is 5.81. The summed E-state index contributed by atoms with van der Waals surface area (Å²) in [7, 11) is 2.09. The Morgan fingerprint density at radius 3 is 2.76 bits per heavy atom. The molecular weight excluding hydrogens is 314 g/mol. The number of carbonyl (C=O) groups is 1. The quantitative estimate of drug-likeness (QED) is 0.837. The molecule has 1 fully saturated rings. The number of aryl methyl sites for hydroxylation is 1. The molecule has 0 N–H and O–H groups in total. The monoisotopic (exact) mass is 341 g/mol. The van der Waals surface area contributed by atoms with E-state index in [1.807, 2.05) is 4.90 Å². The van der Waals surface area contributed by atoms with Crippen molar-refractivity contribution < 1.29 is 4.79 Å². The van der Waals surface area contributed by atoms with Crippen LogP contribution in [-0.4, -0.2) is 49.4 Å². The van der Waals surface area contributed by atoms with Crippen LogP contribution in [0.15, 0.2) is 37.1 Å². The van der Waals surface area contributed by atoms with Gasteiger partial charge in [0, 0.05) is 69.5 Å². The van der Waals surface area contributed by atoms with Crippen LogP contribution in [0.5, 0.6) is 0 Å². The summed E-state index contributed by atoms with van der Waals surface area (Å²) in [6, 6.07) is 4.56. The van der Waals surface area contributed by atoms with E-state index in [1.54, 1.807) is 19.3 Å². The summed E-state index contributed by atoms with van der Waals surface area (Å²) in [5.41, 5.74) is 2.32. The van der Waals surface area contributed by atoms with E-state index in [0.29, 0.717) is 6.54 Å². The molecule has 1 saturated heterocycles. The summed E-state index contributed by atoms with van der Waals surface area (Å²) in [6.45, 7) is 5.34. The van der Waals surface area contributed by atoms with E-state index >= 15 is 0 Å². The van der Waals surface area contributed by atoms with Gasteiger partial charge in [-0.2, -0.15) is 0 Å². The van der Waals surface area contributed by atoms with Crippen molar-refractivity contribution in [3.05, 3.63) is 48.3 Å². The fourth-order valence-corrected chi connectivity index (χ4v) is 3.60. The third-order valence-corrected chi connectivity index (χ3v) is 5.04. The van der Waals surface area contributed by atoms with Crippen LogP contribution in [0, 0.1) is 0 Å². The molecule has 25 heavy (non-hydrogen) atoms. The minimum absolute atomic E-state index is 0.129. The molecule has 1 atom stereocenters. The number of hydrogen-bond donors (Lipinski definition) is 0. The molecule has 1 amide bonds. The van der Waals surface area contributed by atoms with Crippen LogP contribution >= 0.6 is 0 Å². The van der Waals surface area contributed by atoms with E-state index in [9.17, 15) is 4.79 Å². The summed E-state index contributed by atoms with van der Waals surface area (Å²) < 4.78 is 2.18. The van der Waals surface area contributed by atoms with Crippen molar-refractivity contribution in [3.63, 3.8) is 0 Å². The van der Waals surface area contributed by atoms with Crippen LogP contribution in [0.1, 0.15) is 37.4 Å². The Morgan fingerprint density at radius 1 is 1.28 bits per heavy atom. The zero-order valence-electron chi connectivity index (χ0n) is 15.1. The van der Waals surface area contributed by atoms with Crippen LogP contribution in [0.4, 0.5) is 0 Å². The molecule has 134 valence electrons. The lowest BCUT2D eigenvalue weighted by Gasteiger charge is -2.30. The van der Waals surface area contributed by atoms with Gasteiger partial charge in [-0.3, -0.25) is 9.69 Å². The van der Waals surface area contributed by atoms with E-state index in [-0.39, 0.29) is 11.9 Å². The van der Waals surface area contributed by atoms with E-state index in [1.165, 1.54) is 12.0 Å². The molecule has 0 saturated carbocycles.